The summed E-state index contributed by atoms with van der Waals surface area (Å²) < 4.78 is 39.2. The number of benzene rings is 1. The van der Waals surface area contributed by atoms with Crippen LogP contribution >= 0.6 is 0 Å². The van der Waals surface area contributed by atoms with Crippen LogP contribution in [0.25, 0.3) is 10.9 Å². The van der Waals surface area contributed by atoms with Gasteiger partial charge in [-0.15, -0.1) is 0 Å². The van der Waals surface area contributed by atoms with Crippen LogP contribution in [0.15, 0.2) is 29.2 Å². The lowest BCUT2D eigenvalue weighted by molar-refractivity contribution is -0.181. The summed E-state index contributed by atoms with van der Waals surface area (Å²) >= 11 is 0. The fourth-order valence-electron chi connectivity index (χ4n) is 4.77. The molecule has 9 heteroatoms. The number of fused-ring (bicyclic) bond motifs is 1. The van der Waals surface area contributed by atoms with E-state index >= 15 is 0 Å². The van der Waals surface area contributed by atoms with Crippen molar-refractivity contribution in [2.45, 2.75) is 43.3 Å². The number of hydrogen-bond donors (Lipinski definition) is 1. The van der Waals surface area contributed by atoms with Crippen LogP contribution in [0.3, 0.4) is 0 Å². The molecule has 3 fully saturated rings. The van der Waals surface area contributed by atoms with E-state index in [9.17, 15) is 13.2 Å². The summed E-state index contributed by atoms with van der Waals surface area (Å²) in [6.45, 7) is 5.63. The Hall–Kier alpha value is -1.94. The van der Waals surface area contributed by atoms with Gasteiger partial charge in [0.2, 0.25) is 10.0 Å². The largest absolute Gasteiger partial charge is 0.351 e. The van der Waals surface area contributed by atoms with Gasteiger partial charge >= 0.3 is 0 Å². The Morgan fingerprint density at radius 2 is 1.74 bits per heavy atom. The number of aromatic amines is 1. The molecule has 8 nitrogen and oxygen atoms in total. The molecule has 31 heavy (non-hydrogen) atoms. The van der Waals surface area contributed by atoms with E-state index in [1.807, 2.05) is 0 Å². The highest BCUT2D eigenvalue weighted by Gasteiger charge is 2.41. The zero-order valence-corrected chi connectivity index (χ0v) is 18.6. The summed E-state index contributed by atoms with van der Waals surface area (Å²) in [4.78, 5) is 18.3. The summed E-state index contributed by atoms with van der Waals surface area (Å²) in [5.74, 6) is -0.0469. The number of carbonyl (C=O) groups is 1. The van der Waals surface area contributed by atoms with E-state index in [-0.39, 0.29) is 10.8 Å². The number of hydrogen-bond acceptors (Lipinski definition) is 5. The van der Waals surface area contributed by atoms with Gasteiger partial charge in [0, 0.05) is 49.9 Å². The smallest absolute Gasteiger partial charge is 0.270 e. The first-order chi connectivity index (χ1) is 14.9. The molecule has 5 rings (SSSR count). The van der Waals surface area contributed by atoms with E-state index in [1.165, 1.54) is 0 Å². The molecule has 1 aromatic carbocycles. The SMILES string of the molecule is CC1CCN(S(=O)(=O)c2ccc3[nH]c(C(=O)N4CCC5(CC4)OCCO5)cc3c2)CC1. The Labute approximate surface area is 182 Å². The fraction of sp³-hybridized carbons (Fsp3) is 0.591. The van der Waals surface area contributed by atoms with Crippen molar-refractivity contribution in [3.05, 3.63) is 30.0 Å². The van der Waals surface area contributed by atoms with Gasteiger partial charge < -0.3 is 19.4 Å². The number of rotatable bonds is 3. The minimum absolute atomic E-state index is 0.0847. The Bertz CT molecular complexity index is 1070. The van der Waals surface area contributed by atoms with Gasteiger partial charge in [0.1, 0.15) is 5.69 Å². The molecule has 1 amide bonds. The summed E-state index contributed by atoms with van der Waals surface area (Å²) in [5.41, 5.74) is 1.23. The minimum Gasteiger partial charge on any atom is -0.351 e. The molecule has 4 heterocycles. The Balaban J connectivity index is 1.33. The lowest BCUT2D eigenvalue weighted by Crippen LogP contribution is -2.47. The number of amides is 1. The molecule has 0 radical (unpaired) electrons. The molecule has 168 valence electrons. The second-order valence-electron chi connectivity index (χ2n) is 8.92. The lowest BCUT2D eigenvalue weighted by atomic mass is 10.0. The maximum Gasteiger partial charge on any atom is 0.270 e. The fourth-order valence-corrected chi connectivity index (χ4v) is 6.27. The molecule has 1 aromatic heterocycles. The van der Waals surface area contributed by atoms with Gasteiger partial charge in [0.25, 0.3) is 5.91 Å². The maximum absolute atomic E-state index is 13.1. The molecule has 3 aliphatic heterocycles. The van der Waals surface area contributed by atoms with Gasteiger partial charge in [-0.05, 0) is 43.0 Å². The first kappa shape index (κ1) is 20.9. The number of ether oxygens (including phenoxy) is 2. The highest BCUT2D eigenvalue weighted by Crippen LogP contribution is 2.32. The average molecular weight is 448 g/mol. The molecule has 3 aliphatic rings. The van der Waals surface area contributed by atoms with E-state index < -0.39 is 15.8 Å². The van der Waals surface area contributed by atoms with Crippen molar-refractivity contribution in [2.75, 3.05) is 39.4 Å². The van der Waals surface area contributed by atoms with Crippen molar-refractivity contribution in [1.82, 2.24) is 14.2 Å². The van der Waals surface area contributed by atoms with Crippen LogP contribution in [0.2, 0.25) is 0 Å². The van der Waals surface area contributed by atoms with Gasteiger partial charge in [0.15, 0.2) is 5.79 Å². The van der Waals surface area contributed by atoms with E-state index in [4.69, 9.17) is 9.47 Å². The second kappa shape index (κ2) is 7.88. The molecule has 0 atom stereocenters. The van der Waals surface area contributed by atoms with Crippen molar-refractivity contribution in [3.63, 3.8) is 0 Å². The van der Waals surface area contributed by atoms with Gasteiger partial charge in [-0.25, -0.2) is 8.42 Å². The summed E-state index contributed by atoms with van der Waals surface area (Å²) in [6.07, 6.45) is 3.10. The third-order valence-corrected chi connectivity index (χ3v) is 8.72. The lowest BCUT2D eigenvalue weighted by Gasteiger charge is -2.37. The molecule has 1 N–H and O–H groups in total. The average Bonchev–Trinajstić information content (AvgIpc) is 3.41. The quantitative estimate of drug-likeness (QED) is 0.781. The topological polar surface area (TPSA) is 91.9 Å². The van der Waals surface area contributed by atoms with Crippen LogP contribution in [0, 0.1) is 5.92 Å². The van der Waals surface area contributed by atoms with E-state index in [0.29, 0.717) is 63.8 Å². The molecule has 1 spiro atoms. The summed E-state index contributed by atoms with van der Waals surface area (Å²) in [7, 11) is -3.53. The molecule has 0 saturated carbocycles. The Morgan fingerprint density at radius 1 is 1.06 bits per heavy atom. The van der Waals surface area contributed by atoms with Gasteiger partial charge in [-0.2, -0.15) is 4.31 Å². The number of nitrogens with one attached hydrogen (secondary N) is 1. The summed E-state index contributed by atoms with van der Waals surface area (Å²) in [6, 6.07) is 6.79. The van der Waals surface area contributed by atoms with Gasteiger partial charge in [-0.1, -0.05) is 6.92 Å². The van der Waals surface area contributed by atoms with Crippen LogP contribution in [-0.4, -0.2) is 73.7 Å². The summed E-state index contributed by atoms with van der Waals surface area (Å²) in [5, 5.41) is 0.728. The normalized spacial score (nSPS) is 23.1. The monoisotopic (exact) mass is 447 g/mol. The zero-order chi connectivity index (χ0) is 21.6. The zero-order valence-electron chi connectivity index (χ0n) is 17.8. The van der Waals surface area contributed by atoms with Crippen molar-refractivity contribution < 1.29 is 22.7 Å². The van der Waals surface area contributed by atoms with Crippen LogP contribution < -0.4 is 0 Å². The number of piperidine rings is 2. The standard InChI is InChI=1S/C22H29N3O5S/c1-16-4-8-25(9-5-16)31(27,28)18-2-3-19-17(14-18)15-20(23-19)21(26)24-10-6-22(7-11-24)29-12-13-30-22/h2-3,14-16,23H,4-13H2,1H3. The van der Waals surface area contributed by atoms with E-state index in [0.717, 1.165) is 23.7 Å². The number of likely N-dealkylation sites (tertiary alicyclic amines) is 1. The molecule has 0 aliphatic carbocycles. The van der Waals surface area contributed by atoms with Crippen molar-refractivity contribution in [2.24, 2.45) is 5.92 Å². The van der Waals surface area contributed by atoms with Crippen LogP contribution in [0.1, 0.15) is 43.1 Å². The number of carbonyl (C=O) groups excluding carboxylic acids is 1. The number of sulfonamides is 1. The van der Waals surface area contributed by atoms with Gasteiger partial charge in [-0.3, -0.25) is 4.79 Å². The Kier molecular flexibility index (Phi) is 5.32. The number of nitrogens with zero attached hydrogens (tertiary/aromatic N) is 2. The predicted molar refractivity (Wildman–Crippen MR) is 115 cm³/mol. The van der Waals surface area contributed by atoms with Crippen molar-refractivity contribution >= 4 is 26.8 Å². The minimum atomic E-state index is -3.53. The molecule has 3 saturated heterocycles. The first-order valence-corrected chi connectivity index (χ1v) is 12.5. The molecular weight excluding hydrogens is 418 g/mol. The molecule has 0 unspecified atom stereocenters. The predicted octanol–water partition coefficient (Wildman–Crippen LogP) is 2.57. The highest BCUT2D eigenvalue weighted by molar-refractivity contribution is 7.89. The van der Waals surface area contributed by atoms with Crippen LogP contribution in [0.4, 0.5) is 0 Å². The molecular formula is C22H29N3O5S. The number of H-pyrrole nitrogens is 1. The van der Waals surface area contributed by atoms with Crippen molar-refractivity contribution in [1.29, 1.82) is 0 Å². The van der Waals surface area contributed by atoms with Crippen molar-refractivity contribution in [3.8, 4) is 0 Å². The maximum atomic E-state index is 13.1. The first-order valence-electron chi connectivity index (χ1n) is 11.1. The van der Waals surface area contributed by atoms with Gasteiger partial charge in [0.05, 0.1) is 18.1 Å². The Morgan fingerprint density at radius 3 is 2.42 bits per heavy atom. The van der Waals surface area contributed by atoms with E-state index in [2.05, 4.69) is 11.9 Å². The highest BCUT2D eigenvalue weighted by atomic mass is 32.2. The van der Waals surface area contributed by atoms with Crippen LogP contribution in [0.5, 0.6) is 0 Å². The molecule has 0 bridgehead atoms. The van der Waals surface area contributed by atoms with Crippen LogP contribution in [-0.2, 0) is 19.5 Å². The number of aromatic nitrogens is 1. The third kappa shape index (κ3) is 3.88. The second-order valence-corrected chi connectivity index (χ2v) is 10.9. The molecule has 2 aromatic rings. The van der Waals surface area contributed by atoms with E-state index in [1.54, 1.807) is 33.5 Å². The third-order valence-electron chi connectivity index (χ3n) is 6.83.